The summed E-state index contributed by atoms with van der Waals surface area (Å²) in [5, 5.41) is 0. The largest absolute Gasteiger partial charge is 0.339 e. The number of aromatic nitrogens is 2. The first-order valence-corrected chi connectivity index (χ1v) is 19.8. The van der Waals surface area contributed by atoms with Crippen LogP contribution in [0.4, 0.5) is 0 Å². The van der Waals surface area contributed by atoms with Gasteiger partial charge in [0.05, 0.1) is 15.9 Å². The van der Waals surface area contributed by atoms with Crippen molar-refractivity contribution in [2.45, 2.75) is 99.2 Å². The molecule has 4 aromatic rings. The van der Waals surface area contributed by atoms with Crippen LogP contribution in [-0.2, 0) is 15.4 Å². The van der Waals surface area contributed by atoms with E-state index in [-0.39, 0.29) is 22.3 Å². The number of fused-ring (bicyclic) bond motifs is 3. The van der Waals surface area contributed by atoms with Gasteiger partial charge in [0, 0.05) is 47.3 Å². The Morgan fingerprint density at radius 2 is 1.60 bits per heavy atom. The van der Waals surface area contributed by atoms with Gasteiger partial charge in [0.1, 0.15) is 5.82 Å². The number of amides is 1. The highest BCUT2D eigenvalue weighted by molar-refractivity contribution is 9.10. The van der Waals surface area contributed by atoms with E-state index < -0.39 is 10.0 Å². The number of hydrogen-bond acceptors (Lipinski definition) is 5. The van der Waals surface area contributed by atoms with Gasteiger partial charge < -0.3 is 9.47 Å². The molecule has 3 saturated heterocycles. The van der Waals surface area contributed by atoms with Gasteiger partial charge in [-0.05, 0) is 128 Å². The van der Waals surface area contributed by atoms with Crippen LogP contribution < -0.4 is 4.72 Å². The number of nitrogens with one attached hydrogen (secondary N) is 1. The number of para-hydroxylation sites is 2. The molecule has 4 aliphatic rings. The number of carbonyl (C=O) groups is 1. The van der Waals surface area contributed by atoms with Crippen molar-refractivity contribution in [1.29, 1.82) is 0 Å². The monoisotopic (exact) mass is 729 g/mol. The Balaban J connectivity index is 0.967. The molecule has 0 spiro atoms. The lowest BCUT2D eigenvalue weighted by Gasteiger charge is -2.45. The maximum absolute atomic E-state index is 13.8. The van der Waals surface area contributed by atoms with Gasteiger partial charge in [0.15, 0.2) is 0 Å². The number of benzene rings is 3. The van der Waals surface area contributed by atoms with Crippen LogP contribution in [0.3, 0.4) is 0 Å². The summed E-state index contributed by atoms with van der Waals surface area (Å²) in [6, 6.07) is 26.0. The smallest absolute Gasteiger partial charge is 0.253 e. The van der Waals surface area contributed by atoms with Crippen molar-refractivity contribution in [2.24, 2.45) is 0 Å². The zero-order valence-corrected chi connectivity index (χ0v) is 29.9. The highest BCUT2D eigenvalue weighted by atomic mass is 79.9. The van der Waals surface area contributed by atoms with Gasteiger partial charge in [-0.2, -0.15) is 0 Å². The number of likely N-dealkylation sites (tertiary alicyclic amines) is 1. The van der Waals surface area contributed by atoms with E-state index in [2.05, 4.69) is 91.6 Å². The van der Waals surface area contributed by atoms with Gasteiger partial charge in [-0.15, -0.1) is 0 Å². The number of hydrogen-bond donors (Lipinski definition) is 1. The van der Waals surface area contributed by atoms with Crippen LogP contribution in [0.1, 0.15) is 85.6 Å². The molecule has 8 rings (SSSR count). The molecule has 10 heteroatoms. The first-order valence-electron chi connectivity index (χ1n) is 17.6. The van der Waals surface area contributed by atoms with Crippen molar-refractivity contribution < 1.29 is 13.2 Å². The van der Waals surface area contributed by atoms with Gasteiger partial charge in [0.25, 0.3) is 5.91 Å². The van der Waals surface area contributed by atoms with Gasteiger partial charge >= 0.3 is 0 Å². The van der Waals surface area contributed by atoms with Crippen molar-refractivity contribution >= 4 is 42.9 Å². The highest BCUT2D eigenvalue weighted by Gasteiger charge is 2.44. The lowest BCUT2D eigenvalue weighted by molar-refractivity contribution is 0.0606. The molecule has 1 aromatic heterocycles. The van der Waals surface area contributed by atoms with Crippen LogP contribution >= 0.6 is 15.9 Å². The quantitative estimate of drug-likeness (QED) is 0.201. The third kappa shape index (κ3) is 6.03. The second-order valence-corrected chi connectivity index (χ2v) is 17.0. The summed E-state index contributed by atoms with van der Waals surface area (Å²) in [6.07, 6.45) is 9.40. The molecule has 2 bridgehead atoms. The van der Waals surface area contributed by atoms with E-state index >= 15 is 0 Å². The summed E-state index contributed by atoms with van der Waals surface area (Å²) >= 11 is 3.40. The molecule has 1 aliphatic carbocycles. The molecule has 252 valence electrons. The number of piperidine rings is 2. The molecular weight excluding hydrogens is 686 g/mol. The molecule has 3 aromatic carbocycles. The van der Waals surface area contributed by atoms with Crippen LogP contribution in [0.2, 0.25) is 0 Å². The number of carbonyl (C=O) groups excluding carboxylic acids is 1. The van der Waals surface area contributed by atoms with Crippen molar-refractivity contribution in [3.8, 4) is 0 Å². The Morgan fingerprint density at radius 1 is 0.917 bits per heavy atom. The Bertz CT molecular complexity index is 1920. The molecule has 4 fully saturated rings. The first-order chi connectivity index (χ1) is 23.2. The number of imidazole rings is 1. The van der Waals surface area contributed by atoms with E-state index in [1.54, 1.807) is 12.1 Å². The van der Waals surface area contributed by atoms with Gasteiger partial charge in [-0.1, -0.05) is 42.5 Å². The molecule has 1 saturated carbocycles. The van der Waals surface area contributed by atoms with Crippen LogP contribution in [0.25, 0.3) is 11.0 Å². The molecule has 1 N–H and O–H groups in total. The Morgan fingerprint density at radius 3 is 2.31 bits per heavy atom. The number of rotatable bonds is 9. The minimum absolute atomic E-state index is 0.00255. The molecule has 2 unspecified atom stereocenters. The predicted molar refractivity (Wildman–Crippen MR) is 192 cm³/mol. The summed E-state index contributed by atoms with van der Waals surface area (Å²) in [5.41, 5.74) is 4.13. The SMILES string of the molecule is Cc1nc2ccccc2n1C1CC2CCC(C1)N2CCC1(c2ccccc2)CCN(C(=O)c2ccc(Br)c(S(=O)(=O)NC3CC3)c2)CC1. The standard InChI is InChI=1S/C38H44BrN5O3S/c1-26-40-34-9-5-6-10-35(34)44(26)32-24-30-14-15-31(25-32)43(30)22-19-38(28-7-3-2-4-8-28)17-20-42(21-18-38)37(45)27-11-16-33(39)36(23-27)48(46,47)41-29-12-13-29/h2-11,16,23,29-32,41H,12-15,17-22,24-25H2,1H3. The van der Waals surface area contributed by atoms with Crippen LogP contribution in [-0.4, -0.2) is 71.4 Å². The van der Waals surface area contributed by atoms with Crippen molar-refractivity contribution in [3.05, 3.63) is 94.2 Å². The van der Waals surface area contributed by atoms with Gasteiger partial charge in [0.2, 0.25) is 10.0 Å². The summed E-state index contributed by atoms with van der Waals surface area (Å²) in [7, 11) is -3.70. The minimum Gasteiger partial charge on any atom is -0.339 e. The topological polar surface area (TPSA) is 87.5 Å². The summed E-state index contributed by atoms with van der Waals surface area (Å²) in [6.45, 7) is 4.51. The Kier molecular flexibility index (Phi) is 8.50. The van der Waals surface area contributed by atoms with Crippen LogP contribution in [0.15, 0.2) is 82.2 Å². The molecule has 1 amide bonds. The van der Waals surface area contributed by atoms with Crippen LogP contribution in [0, 0.1) is 6.92 Å². The average molecular weight is 731 g/mol. The maximum atomic E-state index is 13.8. The zero-order chi connectivity index (χ0) is 33.0. The second-order valence-electron chi connectivity index (χ2n) is 14.5. The Hall–Kier alpha value is -3.05. The lowest BCUT2D eigenvalue weighted by Crippen LogP contribution is -2.49. The van der Waals surface area contributed by atoms with Crippen LogP contribution in [0.5, 0.6) is 0 Å². The van der Waals surface area contributed by atoms with Gasteiger partial charge in [-0.3, -0.25) is 9.69 Å². The molecule has 4 heterocycles. The second kappa shape index (κ2) is 12.7. The maximum Gasteiger partial charge on any atom is 0.253 e. The third-order valence-corrected chi connectivity index (χ3v) is 14.1. The van der Waals surface area contributed by atoms with E-state index in [0.717, 1.165) is 50.0 Å². The Labute approximate surface area is 292 Å². The molecule has 2 atom stereocenters. The fourth-order valence-corrected chi connectivity index (χ4v) is 11.2. The van der Waals surface area contributed by atoms with E-state index in [1.165, 1.54) is 42.8 Å². The van der Waals surface area contributed by atoms with Crippen molar-refractivity contribution in [3.63, 3.8) is 0 Å². The van der Waals surface area contributed by atoms with E-state index in [1.807, 2.05) is 4.90 Å². The third-order valence-electron chi connectivity index (χ3n) is 11.6. The van der Waals surface area contributed by atoms with Crippen molar-refractivity contribution in [2.75, 3.05) is 19.6 Å². The number of nitrogens with zero attached hydrogens (tertiary/aromatic N) is 4. The van der Waals surface area contributed by atoms with E-state index in [9.17, 15) is 13.2 Å². The molecule has 48 heavy (non-hydrogen) atoms. The summed E-state index contributed by atoms with van der Waals surface area (Å²) in [5.74, 6) is 1.02. The summed E-state index contributed by atoms with van der Waals surface area (Å²) < 4.78 is 31.8. The normalized spacial score (nSPS) is 24.3. The molecular formula is C38H44BrN5O3S. The lowest BCUT2D eigenvalue weighted by atomic mass is 9.70. The van der Waals surface area contributed by atoms with Crippen molar-refractivity contribution in [1.82, 2.24) is 24.1 Å². The first kappa shape index (κ1) is 32.2. The van der Waals surface area contributed by atoms with E-state index in [4.69, 9.17) is 4.98 Å². The minimum atomic E-state index is -3.70. The highest BCUT2D eigenvalue weighted by Crippen LogP contribution is 2.45. The van der Waals surface area contributed by atoms with E-state index in [0.29, 0.717) is 41.3 Å². The molecule has 0 radical (unpaired) electrons. The zero-order valence-electron chi connectivity index (χ0n) is 27.5. The van der Waals surface area contributed by atoms with Gasteiger partial charge in [-0.25, -0.2) is 18.1 Å². The summed E-state index contributed by atoms with van der Waals surface area (Å²) in [4.78, 5) is 23.5. The fraction of sp³-hybridized carbons (Fsp3) is 0.474. The predicted octanol–water partition coefficient (Wildman–Crippen LogP) is 6.98. The fourth-order valence-electron chi connectivity index (χ4n) is 8.91. The molecule has 8 nitrogen and oxygen atoms in total. The number of halogens is 1. The number of sulfonamides is 1. The average Bonchev–Trinajstić information content (AvgIpc) is 3.78. The molecule has 3 aliphatic heterocycles. The number of aryl methyl sites for hydroxylation is 1.